The van der Waals surface area contributed by atoms with Crippen molar-refractivity contribution in [2.75, 3.05) is 0 Å². The zero-order chi connectivity index (χ0) is 11.7. The molecule has 82 valence electrons. The molecule has 2 nitrogen and oxygen atoms in total. The van der Waals surface area contributed by atoms with Crippen molar-refractivity contribution in [2.45, 2.75) is 20.8 Å². The standard InChI is InChI=1S/C13H13ClN2/c1-8-4-5-11(9(2)6-8)12-7-10(3)13(14)16-15-12/h4-7H,1-3H3. The fourth-order valence-electron chi connectivity index (χ4n) is 1.70. The third kappa shape index (κ3) is 2.07. The molecule has 3 heteroatoms. The van der Waals surface area contributed by atoms with Gasteiger partial charge in [0.2, 0.25) is 0 Å². The zero-order valence-electron chi connectivity index (χ0n) is 9.58. The molecule has 0 radical (unpaired) electrons. The van der Waals surface area contributed by atoms with Gasteiger partial charge >= 0.3 is 0 Å². The average molecular weight is 233 g/mol. The number of hydrogen-bond donors (Lipinski definition) is 0. The van der Waals surface area contributed by atoms with E-state index in [9.17, 15) is 0 Å². The predicted molar refractivity (Wildman–Crippen MR) is 66.7 cm³/mol. The molecule has 0 saturated carbocycles. The molecular formula is C13H13ClN2. The molecule has 0 bridgehead atoms. The summed E-state index contributed by atoms with van der Waals surface area (Å²) in [5, 5.41) is 8.52. The van der Waals surface area contributed by atoms with Crippen LogP contribution in [0.4, 0.5) is 0 Å². The Morgan fingerprint density at radius 1 is 0.938 bits per heavy atom. The van der Waals surface area contributed by atoms with E-state index >= 15 is 0 Å². The van der Waals surface area contributed by atoms with Crippen molar-refractivity contribution >= 4 is 11.6 Å². The van der Waals surface area contributed by atoms with Gasteiger partial charge in [0.1, 0.15) is 0 Å². The van der Waals surface area contributed by atoms with Gasteiger partial charge in [0.15, 0.2) is 5.15 Å². The van der Waals surface area contributed by atoms with E-state index in [2.05, 4.69) is 42.2 Å². The highest BCUT2D eigenvalue weighted by atomic mass is 35.5. The van der Waals surface area contributed by atoms with Crippen molar-refractivity contribution in [3.05, 3.63) is 46.1 Å². The second kappa shape index (κ2) is 4.22. The van der Waals surface area contributed by atoms with E-state index in [0.717, 1.165) is 16.8 Å². The molecular weight excluding hydrogens is 220 g/mol. The first-order valence-corrected chi connectivity index (χ1v) is 5.53. The second-order valence-corrected chi connectivity index (χ2v) is 4.38. The molecule has 0 saturated heterocycles. The zero-order valence-corrected chi connectivity index (χ0v) is 10.3. The summed E-state index contributed by atoms with van der Waals surface area (Å²) in [7, 11) is 0. The first kappa shape index (κ1) is 11.1. The number of rotatable bonds is 1. The lowest BCUT2D eigenvalue weighted by Crippen LogP contribution is -1.93. The van der Waals surface area contributed by atoms with Crippen LogP contribution in [0.5, 0.6) is 0 Å². The largest absolute Gasteiger partial charge is 0.154 e. The smallest absolute Gasteiger partial charge is 0.149 e. The highest BCUT2D eigenvalue weighted by Crippen LogP contribution is 2.24. The molecule has 0 unspecified atom stereocenters. The van der Waals surface area contributed by atoms with Gasteiger partial charge < -0.3 is 0 Å². The average Bonchev–Trinajstić information content (AvgIpc) is 2.22. The first-order chi connectivity index (χ1) is 7.58. The van der Waals surface area contributed by atoms with E-state index in [1.165, 1.54) is 11.1 Å². The van der Waals surface area contributed by atoms with Gasteiger partial charge in [0.05, 0.1) is 5.69 Å². The van der Waals surface area contributed by atoms with Crippen LogP contribution in [0.2, 0.25) is 5.15 Å². The molecule has 2 aromatic rings. The summed E-state index contributed by atoms with van der Waals surface area (Å²) in [6, 6.07) is 8.25. The Kier molecular flexibility index (Phi) is 2.92. The van der Waals surface area contributed by atoms with Gasteiger partial charge in [0, 0.05) is 5.56 Å². The highest BCUT2D eigenvalue weighted by molar-refractivity contribution is 6.30. The monoisotopic (exact) mass is 232 g/mol. The quantitative estimate of drug-likeness (QED) is 0.749. The van der Waals surface area contributed by atoms with Crippen LogP contribution in [0.15, 0.2) is 24.3 Å². The topological polar surface area (TPSA) is 25.8 Å². The number of halogens is 1. The van der Waals surface area contributed by atoms with E-state index in [1.54, 1.807) is 0 Å². The van der Waals surface area contributed by atoms with Crippen LogP contribution in [0.3, 0.4) is 0 Å². The lowest BCUT2D eigenvalue weighted by Gasteiger charge is -2.06. The van der Waals surface area contributed by atoms with Crippen molar-refractivity contribution in [3.8, 4) is 11.3 Å². The van der Waals surface area contributed by atoms with Gasteiger partial charge in [-0.1, -0.05) is 35.4 Å². The molecule has 1 aromatic heterocycles. The summed E-state index contributed by atoms with van der Waals surface area (Å²) in [6.07, 6.45) is 0. The van der Waals surface area contributed by atoms with Gasteiger partial charge in [-0.2, -0.15) is 0 Å². The minimum atomic E-state index is 0.466. The summed E-state index contributed by atoms with van der Waals surface area (Å²) < 4.78 is 0. The summed E-state index contributed by atoms with van der Waals surface area (Å²) in [4.78, 5) is 0. The van der Waals surface area contributed by atoms with Crippen molar-refractivity contribution in [3.63, 3.8) is 0 Å². The summed E-state index contributed by atoms with van der Waals surface area (Å²) >= 11 is 5.86. The molecule has 0 amide bonds. The summed E-state index contributed by atoms with van der Waals surface area (Å²) in [6.45, 7) is 6.09. The van der Waals surface area contributed by atoms with Crippen LogP contribution in [0, 0.1) is 20.8 Å². The van der Waals surface area contributed by atoms with E-state index in [0.29, 0.717) is 5.15 Å². The van der Waals surface area contributed by atoms with Gasteiger partial charge in [-0.3, -0.25) is 0 Å². The first-order valence-electron chi connectivity index (χ1n) is 5.15. The number of nitrogens with zero attached hydrogens (tertiary/aromatic N) is 2. The van der Waals surface area contributed by atoms with Crippen LogP contribution in [0.1, 0.15) is 16.7 Å². The predicted octanol–water partition coefficient (Wildman–Crippen LogP) is 3.72. The minimum Gasteiger partial charge on any atom is -0.149 e. The molecule has 0 aliphatic carbocycles. The number of aryl methyl sites for hydroxylation is 3. The Balaban J connectivity index is 2.54. The van der Waals surface area contributed by atoms with Crippen molar-refractivity contribution in [1.29, 1.82) is 0 Å². The fourth-order valence-corrected chi connectivity index (χ4v) is 1.80. The molecule has 0 atom stereocenters. The fraction of sp³-hybridized carbons (Fsp3) is 0.231. The van der Waals surface area contributed by atoms with E-state index < -0.39 is 0 Å². The SMILES string of the molecule is Cc1ccc(-c2cc(C)c(Cl)nn2)c(C)c1. The lowest BCUT2D eigenvalue weighted by atomic mass is 10.0. The van der Waals surface area contributed by atoms with Crippen LogP contribution >= 0.6 is 11.6 Å². The molecule has 0 aliphatic heterocycles. The molecule has 1 heterocycles. The number of hydrogen-bond acceptors (Lipinski definition) is 2. The van der Waals surface area contributed by atoms with Gasteiger partial charge in [-0.15, -0.1) is 10.2 Å². The molecule has 1 aromatic carbocycles. The van der Waals surface area contributed by atoms with Crippen LogP contribution < -0.4 is 0 Å². The molecule has 0 spiro atoms. The van der Waals surface area contributed by atoms with Crippen LogP contribution in [0.25, 0.3) is 11.3 Å². The number of benzene rings is 1. The Hall–Kier alpha value is -1.41. The Bertz CT molecular complexity index is 535. The third-order valence-electron chi connectivity index (χ3n) is 2.58. The van der Waals surface area contributed by atoms with E-state index in [1.807, 2.05) is 13.0 Å². The molecule has 0 fully saturated rings. The second-order valence-electron chi connectivity index (χ2n) is 4.02. The maximum atomic E-state index is 5.86. The van der Waals surface area contributed by atoms with Crippen molar-refractivity contribution in [1.82, 2.24) is 10.2 Å². The number of aromatic nitrogens is 2. The van der Waals surface area contributed by atoms with Crippen LogP contribution in [-0.2, 0) is 0 Å². The minimum absolute atomic E-state index is 0.466. The summed E-state index contributed by atoms with van der Waals surface area (Å²) in [5.41, 5.74) is 5.39. The molecule has 0 N–H and O–H groups in total. The maximum Gasteiger partial charge on any atom is 0.154 e. The maximum absolute atomic E-state index is 5.86. The van der Waals surface area contributed by atoms with Gasteiger partial charge in [-0.25, -0.2) is 0 Å². The van der Waals surface area contributed by atoms with Crippen molar-refractivity contribution in [2.24, 2.45) is 0 Å². The molecule has 0 aliphatic rings. The Labute approximate surface area is 100 Å². The van der Waals surface area contributed by atoms with Crippen LogP contribution in [-0.4, -0.2) is 10.2 Å². The normalized spacial score (nSPS) is 10.5. The lowest BCUT2D eigenvalue weighted by molar-refractivity contribution is 1.02. The van der Waals surface area contributed by atoms with E-state index in [4.69, 9.17) is 11.6 Å². The Morgan fingerprint density at radius 2 is 1.69 bits per heavy atom. The highest BCUT2D eigenvalue weighted by Gasteiger charge is 2.06. The molecule has 16 heavy (non-hydrogen) atoms. The van der Waals surface area contributed by atoms with Crippen molar-refractivity contribution < 1.29 is 0 Å². The van der Waals surface area contributed by atoms with Gasteiger partial charge in [-0.05, 0) is 38.0 Å². The molecule has 2 rings (SSSR count). The third-order valence-corrected chi connectivity index (χ3v) is 2.96. The van der Waals surface area contributed by atoms with E-state index in [-0.39, 0.29) is 0 Å². The summed E-state index contributed by atoms with van der Waals surface area (Å²) in [5.74, 6) is 0. The van der Waals surface area contributed by atoms with Gasteiger partial charge in [0.25, 0.3) is 0 Å². The Morgan fingerprint density at radius 3 is 2.31 bits per heavy atom.